The zero-order valence-electron chi connectivity index (χ0n) is 13.1. The molecule has 0 bridgehead atoms. The third-order valence-corrected chi connectivity index (χ3v) is 5.15. The van der Waals surface area contributed by atoms with Gasteiger partial charge in [0.25, 0.3) is 0 Å². The van der Waals surface area contributed by atoms with Crippen LogP contribution in [0, 0.1) is 5.92 Å². The average molecular weight is 310 g/mol. The molecule has 1 saturated carbocycles. The molecule has 1 aromatic rings. The Morgan fingerprint density at radius 1 is 1.48 bits per heavy atom. The molecule has 1 aromatic heterocycles. The van der Waals surface area contributed by atoms with Gasteiger partial charge in [-0.2, -0.15) is 0 Å². The summed E-state index contributed by atoms with van der Waals surface area (Å²) in [7, 11) is 1.42. The first-order chi connectivity index (χ1) is 10.2. The number of hydrogen-bond acceptors (Lipinski definition) is 5. The van der Waals surface area contributed by atoms with Crippen molar-refractivity contribution < 1.29 is 9.53 Å². The number of aryl methyl sites for hydroxylation is 1. The lowest BCUT2D eigenvalue weighted by molar-refractivity contribution is -0.140. The predicted molar refractivity (Wildman–Crippen MR) is 86.7 cm³/mol. The average Bonchev–Trinajstić information content (AvgIpc) is 2.98. The van der Waals surface area contributed by atoms with Crippen LogP contribution in [-0.4, -0.2) is 24.1 Å². The lowest BCUT2D eigenvalue weighted by Crippen LogP contribution is -2.30. The lowest BCUT2D eigenvalue weighted by Gasteiger charge is -2.30. The second kappa shape index (κ2) is 8.37. The molecule has 0 saturated heterocycles. The summed E-state index contributed by atoms with van der Waals surface area (Å²) in [6, 6.07) is 0.532. The number of esters is 1. The quantitative estimate of drug-likeness (QED) is 0.773. The molecule has 1 atom stereocenters. The summed E-state index contributed by atoms with van der Waals surface area (Å²) in [4.78, 5) is 15.8. The molecule has 0 amide bonds. The van der Waals surface area contributed by atoms with Gasteiger partial charge < -0.3 is 10.1 Å². The monoisotopic (exact) mass is 310 g/mol. The third kappa shape index (κ3) is 4.99. The van der Waals surface area contributed by atoms with Gasteiger partial charge in [0.05, 0.1) is 19.2 Å². The predicted octanol–water partition coefficient (Wildman–Crippen LogP) is 4.02. The zero-order chi connectivity index (χ0) is 15.1. The van der Waals surface area contributed by atoms with Gasteiger partial charge in [0.15, 0.2) is 5.13 Å². The standard InChI is InChI=1S/C16H26N2O2S/c1-3-14(12-7-5-4-6-8-12)18-16-17-13(11-21-16)9-10-15(19)20-2/h11-12,14H,3-10H2,1-2H3,(H,17,18). The Balaban J connectivity index is 1.86. The number of nitrogens with one attached hydrogen (secondary N) is 1. The maximum Gasteiger partial charge on any atom is 0.305 e. The first-order valence-electron chi connectivity index (χ1n) is 8.00. The van der Waals surface area contributed by atoms with E-state index in [0.29, 0.717) is 18.9 Å². The Kier molecular flexibility index (Phi) is 6.49. The van der Waals surface area contributed by atoms with Gasteiger partial charge in [0.2, 0.25) is 0 Å². The second-order valence-electron chi connectivity index (χ2n) is 5.78. The summed E-state index contributed by atoms with van der Waals surface area (Å²) in [5, 5.41) is 6.65. The van der Waals surface area contributed by atoms with Crippen molar-refractivity contribution in [2.45, 2.75) is 64.3 Å². The van der Waals surface area contributed by atoms with Gasteiger partial charge in [-0.15, -0.1) is 11.3 Å². The molecule has 0 aromatic carbocycles. The van der Waals surface area contributed by atoms with Crippen LogP contribution in [0.4, 0.5) is 5.13 Å². The minimum Gasteiger partial charge on any atom is -0.469 e. The van der Waals surface area contributed by atoms with E-state index in [1.54, 1.807) is 11.3 Å². The van der Waals surface area contributed by atoms with Crippen molar-refractivity contribution in [1.29, 1.82) is 0 Å². The van der Waals surface area contributed by atoms with Crippen molar-refractivity contribution in [3.05, 3.63) is 11.1 Å². The molecule has 0 radical (unpaired) electrons. The minimum absolute atomic E-state index is 0.175. The molecule has 2 rings (SSSR count). The maximum atomic E-state index is 11.2. The molecule has 1 unspecified atom stereocenters. The van der Waals surface area contributed by atoms with Crippen molar-refractivity contribution in [2.75, 3.05) is 12.4 Å². The Morgan fingerprint density at radius 2 is 2.24 bits per heavy atom. The van der Waals surface area contributed by atoms with E-state index in [4.69, 9.17) is 0 Å². The highest BCUT2D eigenvalue weighted by atomic mass is 32.1. The van der Waals surface area contributed by atoms with Crippen molar-refractivity contribution in [2.24, 2.45) is 5.92 Å². The van der Waals surface area contributed by atoms with E-state index in [-0.39, 0.29) is 5.97 Å². The number of rotatable bonds is 7. The second-order valence-corrected chi connectivity index (χ2v) is 6.64. The van der Waals surface area contributed by atoms with E-state index in [9.17, 15) is 4.79 Å². The van der Waals surface area contributed by atoms with Crippen molar-refractivity contribution in [3.8, 4) is 0 Å². The molecule has 0 aliphatic heterocycles. The number of hydrogen-bond donors (Lipinski definition) is 1. The van der Waals surface area contributed by atoms with Crippen LogP contribution in [0.5, 0.6) is 0 Å². The summed E-state index contributed by atoms with van der Waals surface area (Å²) < 4.78 is 4.66. The molecule has 118 valence electrons. The summed E-state index contributed by atoms with van der Waals surface area (Å²) in [6.07, 6.45) is 9.00. The Hall–Kier alpha value is -1.10. The lowest BCUT2D eigenvalue weighted by atomic mass is 9.83. The van der Waals surface area contributed by atoms with Gasteiger partial charge in [-0.05, 0) is 25.2 Å². The number of anilines is 1. The van der Waals surface area contributed by atoms with Gasteiger partial charge in [0.1, 0.15) is 0 Å². The fraction of sp³-hybridized carbons (Fsp3) is 0.750. The largest absolute Gasteiger partial charge is 0.469 e. The first-order valence-corrected chi connectivity index (χ1v) is 8.88. The number of carbonyl (C=O) groups is 1. The van der Waals surface area contributed by atoms with Crippen LogP contribution in [0.25, 0.3) is 0 Å². The summed E-state index contributed by atoms with van der Waals surface area (Å²) in [5.41, 5.74) is 0.978. The summed E-state index contributed by atoms with van der Waals surface area (Å²) in [6.45, 7) is 2.25. The smallest absolute Gasteiger partial charge is 0.305 e. The normalized spacial score (nSPS) is 17.4. The van der Waals surface area contributed by atoms with E-state index >= 15 is 0 Å². The van der Waals surface area contributed by atoms with Crippen LogP contribution in [0.2, 0.25) is 0 Å². The number of carbonyl (C=O) groups excluding carboxylic acids is 1. The molecule has 1 aliphatic carbocycles. The highest BCUT2D eigenvalue weighted by molar-refractivity contribution is 7.13. The molecule has 5 heteroatoms. The molecule has 1 N–H and O–H groups in total. The number of aromatic nitrogens is 1. The Morgan fingerprint density at radius 3 is 2.90 bits per heavy atom. The van der Waals surface area contributed by atoms with Crippen molar-refractivity contribution >= 4 is 22.4 Å². The van der Waals surface area contributed by atoms with Gasteiger partial charge in [-0.3, -0.25) is 4.79 Å². The molecular formula is C16H26N2O2S. The maximum absolute atomic E-state index is 11.2. The SMILES string of the molecule is CCC(Nc1nc(CCC(=O)OC)cs1)C1CCCCC1. The first kappa shape index (κ1) is 16.3. The summed E-state index contributed by atoms with van der Waals surface area (Å²) >= 11 is 1.64. The molecular weight excluding hydrogens is 284 g/mol. The third-order valence-electron chi connectivity index (χ3n) is 4.33. The zero-order valence-corrected chi connectivity index (χ0v) is 13.9. The van der Waals surface area contributed by atoms with Gasteiger partial charge in [-0.25, -0.2) is 4.98 Å². The van der Waals surface area contributed by atoms with E-state index in [0.717, 1.165) is 23.2 Å². The van der Waals surface area contributed by atoms with E-state index < -0.39 is 0 Å². The molecule has 1 heterocycles. The fourth-order valence-electron chi connectivity index (χ4n) is 3.07. The van der Waals surface area contributed by atoms with Gasteiger partial charge >= 0.3 is 5.97 Å². The van der Waals surface area contributed by atoms with E-state index in [2.05, 4.69) is 22.0 Å². The van der Waals surface area contributed by atoms with Crippen LogP contribution in [0.1, 0.15) is 57.6 Å². The molecule has 4 nitrogen and oxygen atoms in total. The minimum atomic E-state index is -0.175. The highest BCUT2D eigenvalue weighted by Gasteiger charge is 2.22. The topological polar surface area (TPSA) is 51.2 Å². The fourth-order valence-corrected chi connectivity index (χ4v) is 3.88. The van der Waals surface area contributed by atoms with Crippen molar-refractivity contribution in [1.82, 2.24) is 4.98 Å². The number of thiazole rings is 1. The number of ether oxygens (including phenoxy) is 1. The summed E-state index contributed by atoms with van der Waals surface area (Å²) in [5.74, 6) is 0.609. The number of nitrogens with zero attached hydrogens (tertiary/aromatic N) is 1. The van der Waals surface area contributed by atoms with Crippen LogP contribution >= 0.6 is 11.3 Å². The Labute approximate surface area is 131 Å². The van der Waals surface area contributed by atoms with Gasteiger partial charge in [0, 0.05) is 17.8 Å². The molecule has 1 fully saturated rings. The van der Waals surface area contributed by atoms with Crippen LogP contribution < -0.4 is 5.32 Å². The number of methoxy groups -OCH3 is 1. The van der Waals surface area contributed by atoms with E-state index in [1.807, 2.05) is 5.38 Å². The highest BCUT2D eigenvalue weighted by Crippen LogP contribution is 2.30. The molecule has 21 heavy (non-hydrogen) atoms. The molecule has 1 aliphatic rings. The van der Waals surface area contributed by atoms with Gasteiger partial charge in [-0.1, -0.05) is 26.2 Å². The van der Waals surface area contributed by atoms with Crippen LogP contribution in [0.3, 0.4) is 0 Å². The van der Waals surface area contributed by atoms with Crippen molar-refractivity contribution in [3.63, 3.8) is 0 Å². The van der Waals surface area contributed by atoms with Crippen LogP contribution in [-0.2, 0) is 16.0 Å². The molecule has 0 spiro atoms. The van der Waals surface area contributed by atoms with Crippen LogP contribution in [0.15, 0.2) is 5.38 Å². The Bertz CT molecular complexity index is 441. The van der Waals surface area contributed by atoms with E-state index in [1.165, 1.54) is 39.2 Å².